The van der Waals surface area contributed by atoms with Crippen LogP contribution in [-0.4, -0.2) is 140 Å². The second-order valence-electron chi connectivity index (χ2n) is 14.1. The summed E-state index contributed by atoms with van der Waals surface area (Å²) in [6.45, 7) is 2.52. The average molecular weight is 736 g/mol. The maximum atomic E-state index is 12.9. The van der Waals surface area contributed by atoms with Gasteiger partial charge >= 0.3 is 0 Å². The molecule has 0 radical (unpaired) electrons. The molecular weight excluding hydrogens is 666 g/mol. The number of aliphatic hydroxyl groups is 8. The summed E-state index contributed by atoms with van der Waals surface area (Å²) in [5.41, 5.74) is 0. The van der Waals surface area contributed by atoms with Gasteiger partial charge in [0.2, 0.25) is 5.91 Å². The lowest BCUT2D eigenvalue weighted by Crippen LogP contribution is -2.65. The molecule has 300 valence electrons. The van der Waals surface area contributed by atoms with Crippen molar-refractivity contribution in [3.05, 3.63) is 12.2 Å². The fourth-order valence-electron chi connectivity index (χ4n) is 6.41. The zero-order valence-corrected chi connectivity index (χ0v) is 30.8. The van der Waals surface area contributed by atoms with Crippen molar-refractivity contribution in [1.29, 1.82) is 0 Å². The summed E-state index contributed by atoms with van der Waals surface area (Å²) in [4.78, 5) is 12.9. The van der Waals surface area contributed by atoms with E-state index < -0.39 is 86.8 Å². The van der Waals surface area contributed by atoms with Gasteiger partial charge in [0.1, 0.15) is 48.8 Å². The molecule has 2 saturated heterocycles. The van der Waals surface area contributed by atoms with Crippen molar-refractivity contribution < 1.29 is 64.6 Å². The molecule has 0 aliphatic carbocycles. The molecule has 2 fully saturated rings. The van der Waals surface area contributed by atoms with Crippen LogP contribution in [0.15, 0.2) is 12.2 Å². The zero-order valence-electron chi connectivity index (χ0n) is 30.8. The molecule has 14 nitrogen and oxygen atoms in total. The molecule has 2 aliphatic heterocycles. The third kappa shape index (κ3) is 16.3. The van der Waals surface area contributed by atoms with Crippen LogP contribution in [0.2, 0.25) is 0 Å². The molecule has 0 aromatic rings. The summed E-state index contributed by atoms with van der Waals surface area (Å²) < 4.78 is 22.4. The van der Waals surface area contributed by atoms with E-state index in [-0.39, 0.29) is 18.9 Å². The van der Waals surface area contributed by atoms with Gasteiger partial charge in [-0.3, -0.25) is 4.79 Å². The van der Waals surface area contributed by atoms with Crippen LogP contribution in [0.3, 0.4) is 0 Å². The molecule has 0 spiro atoms. The predicted molar refractivity (Wildman–Crippen MR) is 189 cm³/mol. The van der Waals surface area contributed by atoms with E-state index in [4.69, 9.17) is 18.9 Å². The molecule has 2 aliphatic rings. The van der Waals surface area contributed by atoms with Crippen LogP contribution in [0.5, 0.6) is 0 Å². The van der Waals surface area contributed by atoms with E-state index in [1.807, 2.05) is 6.92 Å². The van der Waals surface area contributed by atoms with Crippen LogP contribution in [-0.2, 0) is 23.7 Å². The second-order valence-corrected chi connectivity index (χ2v) is 14.1. The quantitative estimate of drug-likeness (QED) is 0.0433. The van der Waals surface area contributed by atoms with Crippen molar-refractivity contribution in [2.24, 2.45) is 0 Å². The van der Waals surface area contributed by atoms with Crippen LogP contribution in [0, 0.1) is 0 Å². The van der Waals surface area contributed by atoms with Gasteiger partial charge in [-0.2, -0.15) is 0 Å². The zero-order chi connectivity index (χ0) is 37.6. The molecule has 0 bridgehead atoms. The van der Waals surface area contributed by atoms with E-state index in [2.05, 4.69) is 12.2 Å². The minimum absolute atomic E-state index is 0.253. The fraction of sp³-hybridized carbons (Fsp3) is 0.919. The minimum atomic E-state index is -1.78. The number of carbonyl (C=O) groups is 1. The number of carbonyl (C=O) groups excluding carboxylic acids is 1. The van der Waals surface area contributed by atoms with Crippen molar-refractivity contribution in [2.75, 3.05) is 19.8 Å². The average Bonchev–Trinajstić information content (AvgIpc) is 3.12. The number of allylic oxidation sites excluding steroid dienone is 1. The topological polar surface area (TPSA) is 228 Å². The lowest BCUT2D eigenvalue weighted by molar-refractivity contribution is -0.359. The van der Waals surface area contributed by atoms with E-state index >= 15 is 0 Å². The highest BCUT2D eigenvalue weighted by Crippen LogP contribution is 2.29. The van der Waals surface area contributed by atoms with Crippen LogP contribution in [0.25, 0.3) is 0 Å². The molecular formula is C37H69NO13. The van der Waals surface area contributed by atoms with Crippen LogP contribution < -0.4 is 5.32 Å². The third-order valence-corrected chi connectivity index (χ3v) is 9.71. The minimum Gasteiger partial charge on any atom is -0.394 e. The number of hydrogen-bond acceptors (Lipinski definition) is 13. The van der Waals surface area contributed by atoms with Gasteiger partial charge in [-0.05, 0) is 12.8 Å². The van der Waals surface area contributed by atoms with Crippen molar-refractivity contribution in [3.8, 4) is 0 Å². The smallest absolute Gasteiger partial charge is 0.220 e. The third-order valence-electron chi connectivity index (χ3n) is 9.71. The highest BCUT2D eigenvalue weighted by molar-refractivity contribution is 5.76. The molecule has 2 heterocycles. The number of unbranched alkanes of at least 4 members (excludes halogenated alkanes) is 14. The van der Waals surface area contributed by atoms with Gasteiger partial charge in [-0.1, -0.05) is 116 Å². The lowest BCUT2D eigenvalue weighted by atomic mass is 9.97. The summed E-state index contributed by atoms with van der Waals surface area (Å²) in [7, 11) is 0. The Morgan fingerprint density at radius 2 is 1.22 bits per heavy atom. The maximum Gasteiger partial charge on any atom is 0.220 e. The Morgan fingerprint density at radius 1 is 0.686 bits per heavy atom. The first kappa shape index (κ1) is 45.9. The molecule has 12 atom stereocenters. The van der Waals surface area contributed by atoms with Gasteiger partial charge in [0.15, 0.2) is 12.6 Å². The monoisotopic (exact) mass is 735 g/mol. The molecule has 0 aromatic heterocycles. The van der Waals surface area contributed by atoms with Gasteiger partial charge in [-0.15, -0.1) is 0 Å². The molecule has 2 rings (SSSR count). The van der Waals surface area contributed by atoms with Gasteiger partial charge in [0, 0.05) is 6.42 Å². The predicted octanol–water partition coefficient (Wildman–Crippen LogP) is 1.70. The largest absolute Gasteiger partial charge is 0.394 e. The Labute approximate surface area is 304 Å². The Morgan fingerprint density at radius 3 is 1.76 bits per heavy atom. The molecule has 51 heavy (non-hydrogen) atoms. The van der Waals surface area contributed by atoms with Crippen LogP contribution in [0.1, 0.15) is 123 Å². The van der Waals surface area contributed by atoms with Crippen LogP contribution in [0.4, 0.5) is 0 Å². The van der Waals surface area contributed by atoms with E-state index in [1.54, 1.807) is 12.2 Å². The Hall–Kier alpha value is -1.27. The molecule has 9 N–H and O–H groups in total. The van der Waals surface area contributed by atoms with E-state index in [9.17, 15) is 45.6 Å². The van der Waals surface area contributed by atoms with Gasteiger partial charge in [-0.25, -0.2) is 0 Å². The normalized spacial score (nSPS) is 31.2. The maximum absolute atomic E-state index is 12.9. The lowest BCUT2D eigenvalue weighted by Gasteiger charge is -2.46. The number of aliphatic hydroxyl groups excluding tert-OH is 8. The number of rotatable bonds is 27. The fourth-order valence-corrected chi connectivity index (χ4v) is 6.41. The molecule has 12 unspecified atom stereocenters. The second kappa shape index (κ2) is 26.5. The Balaban J connectivity index is 1.83. The van der Waals surface area contributed by atoms with Crippen molar-refractivity contribution in [1.82, 2.24) is 5.32 Å². The van der Waals surface area contributed by atoms with Crippen molar-refractivity contribution in [3.63, 3.8) is 0 Å². The molecule has 1 amide bonds. The van der Waals surface area contributed by atoms with Crippen molar-refractivity contribution >= 4 is 5.91 Å². The number of amides is 1. The highest BCUT2D eigenvalue weighted by atomic mass is 16.7. The van der Waals surface area contributed by atoms with Gasteiger partial charge in [0.25, 0.3) is 0 Å². The number of hydrogen-bond donors (Lipinski definition) is 9. The molecule has 0 saturated carbocycles. The van der Waals surface area contributed by atoms with E-state index in [0.717, 1.165) is 32.1 Å². The van der Waals surface area contributed by atoms with E-state index in [0.29, 0.717) is 6.42 Å². The summed E-state index contributed by atoms with van der Waals surface area (Å²) >= 11 is 0. The number of nitrogens with one attached hydrogen (secondary N) is 1. The first-order valence-electron chi connectivity index (χ1n) is 19.4. The highest BCUT2D eigenvalue weighted by Gasteiger charge is 2.50. The van der Waals surface area contributed by atoms with Gasteiger partial charge < -0.3 is 65.1 Å². The summed E-state index contributed by atoms with van der Waals surface area (Å²) in [6, 6.07) is -0.902. The van der Waals surface area contributed by atoms with Crippen molar-refractivity contribution in [2.45, 2.75) is 197 Å². The van der Waals surface area contributed by atoms with E-state index in [1.165, 1.54) is 64.2 Å². The first-order chi connectivity index (χ1) is 24.6. The Kier molecular flexibility index (Phi) is 23.8. The standard InChI is InChI=1S/C37H69NO13/c1-3-5-7-8-9-10-11-12-13-14-15-16-17-19-21-29(42)38-25(26(41)20-18-6-4-2)24-48-36-34(47)32(45)35(28(23-40)50-36)51-37-33(46)31(44)30(43)27(22-39)49-37/h18,20,25-28,30-37,39-41,43-47H,3-17,19,21-24H2,1-2H3,(H,38,42)/b20-18+. The summed E-state index contributed by atoms with van der Waals surface area (Å²) in [5.74, 6) is -0.253. The Bertz CT molecular complexity index is 925. The number of ether oxygens (including phenoxy) is 4. The molecule has 14 heteroatoms. The van der Waals surface area contributed by atoms with Crippen LogP contribution >= 0.6 is 0 Å². The summed E-state index contributed by atoms with van der Waals surface area (Å²) in [5, 5.41) is 85.4. The van der Waals surface area contributed by atoms with Gasteiger partial charge in [0.05, 0.1) is 32.0 Å². The summed E-state index contributed by atoms with van der Waals surface area (Å²) in [6.07, 6.45) is 5.22. The molecule has 0 aromatic carbocycles. The SMILES string of the molecule is CCC/C=C/C(O)C(COC1OC(CO)C(OC2OC(CO)C(O)C(O)C2O)C(O)C1O)NC(=O)CCCCCCCCCCCCCCCC. The first-order valence-corrected chi connectivity index (χ1v) is 19.4.